The van der Waals surface area contributed by atoms with Crippen LogP contribution in [0.1, 0.15) is 29.8 Å². The number of carboxylic acids is 1. The molecule has 2 fully saturated rings. The fourth-order valence-corrected chi connectivity index (χ4v) is 4.13. The van der Waals surface area contributed by atoms with E-state index in [4.69, 9.17) is 5.73 Å². The molecule has 1 saturated heterocycles. The second kappa shape index (κ2) is 4.19. The van der Waals surface area contributed by atoms with Gasteiger partial charge < -0.3 is 15.7 Å². The van der Waals surface area contributed by atoms with E-state index in [1.54, 1.807) is 5.38 Å². The molecule has 1 amide bonds. The molecule has 0 unspecified atom stereocenters. The average Bonchev–Trinajstić information content (AvgIpc) is 3.01. The molecule has 1 aliphatic heterocycles. The molecule has 1 aliphatic carbocycles. The maximum Gasteiger partial charge on any atom is 0.311 e. The number of fused-ring (bicyclic) bond motifs is 1. The van der Waals surface area contributed by atoms with Crippen molar-refractivity contribution in [3.8, 4) is 0 Å². The standard InChI is InChI=1S/C12H15N3O3S/c13-9(16)8-5-19-11(14-8)15-4-7-2-1-3-12(7,6-15)10(17)18/h5,7H,1-4,6H2,(H2,13,16)(H,17,18)/t7-,12+/m0/s1. The lowest BCUT2D eigenvalue weighted by Gasteiger charge is -2.22. The molecule has 2 aliphatic rings. The van der Waals surface area contributed by atoms with Gasteiger partial charge in [-0.25, -0.2) is 4.98 Å². The highest BCUT2D eigenvalue weighted by Crippen LogP contribution is 2.50. The first-order valence-electron chi connectivity index (χ1n) is 6.26. The van der Waals surface area contributed by atoms with Crippen molar-refractivity contribution in [2.75, 3.05) is 18.0 Å². The number of primary amides is 1. The summed E-state index contributed by atoms with van der Waals surface area (Å²) in [6, 6.07) is 0. The summed E-state index contributed by atoms with van der Waals surface area (Å²) in [6.45, 7) is 1.19. The summed E-state index contributed by atoms with van der Waals surface area (Å²) in [4.78, 5) is 28.8. The van der Waals surface area contributed by atoms with Crippen LogP contribution >= 0.6 is 11.3 Å². The second-order valence-electron chi connectivity index (χ2n) is 5.31. The quantitative estimate of drug-likeness (QED) is 0.859. The van der Waals surface area contributed by atoms with E-state index in [1.807, 2.05) is 4.90 Å². The number of thiazole rings is 1. The first kappa shape index (κ1) is 12.4. The maximum absolute atomic E-state index is 11.6. The van der Waals surface area contributed by atoms with Gasteiger partial charge in [0.05, 0.1) is 5.41 Å². The summed E-state index contributed by atoms with van der Waals surface area (Å²) in [5.74, 6) is -1.06. The van der Waals surface area contributed by atoms with E-state index in [0.717, 1.165) is 19.3 Å². The van der Waals surface area contributed by atoms with Crippen molar-refractivity contribution in [2.45, 2.75) is 19.3 Å². The van der Waals surface area contributed by atoms with Crippen molar-refractivity contribution >= 4 is 28.3 Å². The molecule has 0 radical (unpaired) electrons. The molecule has 19 heavy (non-hydrogen) atoms. The Bertz CT molecular complexity index is 544. The van der Waals surface area contributed by atoms with Crippen LogP contribution in [-0.4, -0.2) is 35.1 Å². The molecular formula is C12H15N3O3S. The van der Waals surface area contributed by atoms with Crippen molar-refractivity contribution in [2.24, 2.45) is 17.1 Å². The van der Waals surface area contributed by atoms with Gasteiger partial charge in [0.1, 0.15) is 5.69 Å². The van der Waals surface area contributed by atoms with Crippen LogP contribution in [0.5, 0.6) is 0 Å². The highest BCUT2D eigenvalue weighted by atomic mass is 32.1. The molecular weight excluding hydrogens is 266 g/mol. The lowest BCUT2D eigenvalue weighted by Crippen LogP contribution is -2.35. The number of aromatic nitrogens is 1. The highest BCUT2D eigenvalue weighted by molar-refractivity contribution is 7.13. The summed E-state index contributed by atoms with van der Waals surface area (Å²) in [5, 5.41) is 11.8. The molecule has 7 heteroatoms. The number of amides is 1. The highest BCUT2D eigenvalue weighted by Gasteiger charge is 2.55. The van der Waals surface area contributed by atoms with E-state index < -0.39 is 17.3 Å². The normalized spacial score (nSPS) is 29.5. The average molecular weight is 281 g/mol. The van der Waals surface area contributed by atoms with Gasteiger partial charge in [-0.05, 0) is 18.8 Å². The van der Waals surface area contributed by atoms with Gasteiger partial charge in [0, 0.05) is 18.5 Å². The largest absolute Gasteiger partial charge is 0.481 e. The molecule has 0 aromatic carbocycles. The Balaban J connectivity index is 1.85. The minimum Gasteiger partial charge on any atom is -0.481 e. The molecule has 3 rings (SSSR count). The molecule has 1 aromatic rings. The first-order chi connectivity index (χ1) is 9.03. The number of nitrogens with zero attached hydrogens (tertiary/aromatic N) is 2. The van der Waals surface area contributed by atoms with Gasteiger partial charge in [0.2, 0.25) is 0 Å². The van der Waals surface area contributed by atoms with Gasteiger partial charge >= 0.3 is 5.97 Å². The molecule has 102 valence electrons. The van der Waals surface area contributed by atoms with Crippen LogP contribution in [-0.2, 0) is 4.79 Å². The number of hydrogen-bond acceptors (Lipinski definition) is 5. The van der Waals surface area contributed by atoms with Crippen LogP contribution in [0.25, 0.3) is 0 Å². The summed E-state index contributed by atoms with van der Waals surface area (Å²) >= 11 is 1.35. The lowest BCUT2D eigenvalue weighted by molar-refractivity contribution is -0.149. The zero-order chi connectivity index (χ0) is 13.6. The third kappa shape index (κ3) is 1.80. The summed E-state index contributed by atoms with van der Waals surface area (Å²) in [5.41, 5.74) is 4.81. The van der Waals surface area contributed by atoms with E-state index in [9.17, 15) is 14.7 Å². The SMILES string of the molecule is NC(=O)c1csc(N2C[C@@H]3CCC[C@@]3(C(=O)O)C2)n1. The zero-order valence-electron chi connectivity index (χ0n) is 10.3. The van der Waals surface area contributed by atoms with Gasteiger partial charge in [0.15, 0.2) is 5.13 Å². The molecule has 3 N–H and O–H groups in total. The van der Waals surface area contributed by atoms with Crippen molar-refractivity contribution in [1.29, 1.82) is 0 Å². The fourth-order valence-electron chi connectivity index (χ4n) is 3.31. The molecule has 2 atom stereocenters. The van der Waals surface area contributed by atoms with Crippen molar-refractivity contribution in [3.63, 3.8) is 0 Å². The van der Waals surface area contributed by atoms with Gasteiger partial charge in [-0.2, -0.15) is 0 Å². The van der Waals surface area contributed by atoms with Crippen molar-refractivity contribution in [3.05, 3.63) is 11.1 Å². The molecule has 2 heterocycles. The van der Waals surface area contributed by atoms with E-state index in [2.05, 4.69) is 4.98 Å². The number of hydrogen-bond donors (Lipinski definition) is 2. The summed E-state index contributed by atoms with van der Waals surface area (Å²) < 4.78 is 0. The van der Waals surface area contributed by atoms with Crippen LogP contribution in [0.3, 0.4) is 0 Å². The predicted octanol–water partition coefficient (Wildman–Crippen LogP) is 0.933. The number of carbonyl (C=O) groups is 2. The Labute approximate surface area is 114 Å². The van der Waals surface area contributed by atoms with E-state index >= 15 is 0 Å². The van der Waals surface area contributed by atoms with Crippen molar-refractivity contribution in [1.82, 2.24) is 4.98 Å². The Morgan fingerprint density at radius 3 is 2.95 bits per heavy atom. The molecule has 1 aromatic heterocycles. The number of anilines is 1. The van der Waals surface area contributed by atoms with E-state index in [1.165, 1.54) is 11.3 Å². The number of nitrogens with two attached hydrogens (primary N) is 1. The third-order valence-corrected chi connectivity index (χ3v) is 5.21. The van der Waals surface area contributed by atoms with Crippen LogP contribution in [0.2, 0.25) is 0 Å². The number of carboxylic acid groups (broad SMARTS) is 1. The van der Waals surface area contributed by atoms with Gasteiger partial charge in [-0.15, -0.1) is 11.3 Å². The Kier molecular flexibility index (Phi) is 2.74. The van der Waals surface area contributed by atoms with Gasteiger partial charge in [-0.3, -0.25) is 9.59 Å². The van der Waals surface area contributed by atoms with Gasteiger partial charge in [-0.1, -0.05) is 6.42 Å². The monoisotopic (exact) mass is 281 g/mol. The molecule has 0 spiro atoms. The zero-order valence-corrected chi connectivity index (χ0v) is 11.2. The Morgan fingerprint density at radius 1 is 1.58 bits per heavy atom. The predicted molar refractivity (Wildman–Crippen MR) is 70.3 cm³/mol. The smallest absolute Gasteiger partial charge is 0.311 e. The lowest BCUT2D eigenvalue weighted by atomic mass is 9.81. The third-order valence-electron chi connectivity index (χ3n) is 4.31. The van der Waals surface area contributed by atoms with Crippen LogP contribution in [0.4, 0.5) is 5.13 Å². The Hall–Kier alpha value is -1.63. The molecule has 1 saturated carbocycles. The second-order valence-corrected chi connectivity index (χ2v) is 6.15. The number of carbonyl (C=O) groups excluding carboxylic acids is 1. The number of rotatable bonds is 3. The Morgan fingerprint density at radius 2 is 2.37 bits per heavy atom. The minimum absolute atomic E-state index is 0.186. The summed E-state index contributed by atoms with van der Waals surface area (Å²) in [7, 11) is 0. The van der Waals surface area contributed by atoms with Crippen LogP contribution in [0, 0.1) is 11.3 Å². The molecule has 0 bridgehead atoms. The number of aliphatic carboxylic acids is 1. The van der Waals surface area contributed by atoms with Gasteiger partial charge in [0.25, 0.3) is 5.91 Å². The maximum atomic E-state index is 11.6. The summed E-state index contributed by atoms with van der Waals surface area (Å²) in [6.07, 6.45) is 2.67. The topological polar surface area (TPSA) is 96.5 Å². The van der Waals surface area contributed by atoms with Crippen LogP contribution in [0.15, 0.2) is 5.38 Å². The first-order valence-corrected chi connectivity index (χ1v) is 7.14. The van der Waals surface area contributed by atoms with Crippen molar-refractivity contribution < 1.29 is 14.7 Å². The minimum atomic E-state index is -0.704. The fraction of sp³-hybridized carbons (Fsp3) is 0.583. The molecule has 6 nitrogen and oxygen atoms in total. The van der Waals surface area contributed by atoms with E-state index in [-0.39, 0.29) is 11.6 Å². The van der Waals surface area contributed by atoms with Crippen LogP contribution < -0.4 is 10.6 Å². The van der Waals surface area contributed by atoms with E-state index in [0.29, 0.717) is 18.2 Å².